The van der Waals surface area contributed by atoms with Crippen LogP contribution in [0.1, 0.15) is 34.5 Å². The van der Waals surface area contributed by atoms with Crippen LogP contribution in [0.3, 0.4) is 0 Å². The van der Waals surface area contributed by atoms with Crippen LogP contribution >= 0.6 is 0 Å². The molecule has 9 nitrogen and oxygen atoms in total. The molecule has 182 valence electrons. The summed E-state index contributed by atoms with van der Waals surface area (Å²) in [6.07, 6.45) is 9.53. The van der Waals surface area contributed by atoms with Gasteiger partial charge in [-0.3, -0.25) is 9.13 Å². The molecule has 0 unspecified atom stereocenters. The number of nitrogens with one attached hydrogen (secondary N) is 1. The number of aromatic nitrogens is 5. The lowest BCUT2D eigenvalue weighted by atomic mass is 9.97. The summed E-state index contributed by atoms with van der Waals surface area (Å²) in [7, 11) is 1.34. The van der Waals surface area contributed by atoms with Crippen LogP contribution in [0.4, 0.5) is 5.95 Å². The molecule has 0 atom stereocenters. The van der Waals surface area contributed by atoms with Crippen molar-refractivity contribution in [3.05, 3.63) is 76.4 Å². The maximum absolute atomic E-state index is 13.0. The number of hydrogen-bond acceptors (Lipinski definition) is 6. The van der Waals surface area contributed by atoms with Gasteiger partial charge in [0.15, 0.2) is 0 Å². The van der Waals surface area contributed by atoms with Crippen LogP contribution in [0, 0.1) is 12.8 Å². The molecule has 1 aromatic carbocycles. The molecular formula is C26H30N6O3. The first-order valence-corrected chi connectivity index (χ1v) is 12.0. The lowest BCUT2D eigenvalue weighted by Crippen LogP contribution is -2.37. The number of carbonyl (C=O) groups excluding carboxylic acids is 1. The first kappa shape index (κ1) is 22.9. The number of benzene rings is 1. The number of aryl methyl sites for hydroxylation is 3. The predicted molar refractivity (Wildman–Crippen MR) is 134 cm³/mol. The summed E-state index contributed by atoms with van der Waals surface area (Å²) in [6, 6.07) is 8.30. The number of methoxy groups -OCH3 is 1. The molecule has 4 heterocycles. The highest BCUT2D eigenvalue weighted by Crippen LogP contribution is 2.23. The number of ether oxygens (including phenoxy) is 1. The van der Waals surface area contributed by atoms with Gasteiger partial charge in [-0.15, -0.1) is 0 Å². The Morgan fingerprint density at radius 1 is 1.11 bits per heavy atom. The van der Waals surface area contributed by atoms with E-state index in [4.69, 9.17) is 4.74 Å². The van der Waals surface area contributed by atoms with Crippen molar-refractivity contribution in [2.75, 3.05) is 25.1 Å². The third kappa shape index (κ3) is 4.71. The third-order valence-electron chi connectivity index (χ3n) is 6.96. The van der Waals surface area contributed by atoms with Crippen molar-refractivity contribution < 1.29 is 9.53 Å². The van der Waals surface area contributed by atoms with Gasteiger partial charge in [-0.1, -0.05) is 18.2 Å². The van der Waals surface area contributed by atoms with Gasteiger partial charge < -0.3 is 14.6 Å². The van der Waals surface area contributed by atoms with Crippen molar-refractivity contribution in [2.45, 2.75) is 39.3 Å². The highest BCUT2D eigenvalue weighted by Gasteiger charge is 2.22. The molecule has 0 radical (unpaired) electrons. The third-order valence-corrected chi connectivity index (χ3v) is 6.96. The van der Waals surface area contributed by atoms with E-state index in [0.29, 0.717) is 30.5 Å². The quantitative estimate of drug-likeness (QED) is 0.413. The molecule has 3 aromatic heterocycles. The van der Waals surface area contributed by atoms with Crippen molar-refractivity contribution >= 4 is 22.8 Å². The predicted octanol–water partition coefficient (Wildman–Crippen LogP) is 3.18. The van der Waals surface area contributed by atoms with Crippen LogP contribution < -0.4 is 10.6 Å². The minimum absolute atomic E-state index is 0.0478. The summed E-state index contributed by atoms with van der Waals surface area (Å²) in [4.78, 5) is 38.8. The summed E-state index contributed by atoms with van der Waals surface area (Å²) in [5.74, 6) is 0.598. The Hall–Kier alpha value is -3.88. The van der Waals surface area contributed by atoms with Gasteiger partial charge in [0.2, 0.25) is 5.95 Å². The maximum Gasteiger partial charge on any atom is 0.341 e. The van der Waals surface area contributed by atoms with Gasteiger partial charge in [-0.05, 0) is 43.7 Å². The summed E-state index contributed by atoms with van der Waals surface area (Å²) in [5.41, 5.74) is 3.96. The second-order valence-electron chi connectivity index (χ2n) is 9.14. The number of aromatic amines is 1. The number of fused-ring (bicyclic) bond motifs is 1. The summed E-state index contributed by atoms with van der Waals surface area (Å²) in [5, 5.41) is 1.23. The van der Waals surface area contributed by atoms with Gasteiger partial charge >= 0.3 is 11.7 Å². The number of esters is 1. The fraction of sp³-hybridized carbons (Fsp3) is 0.385. The van der Waals surface area contributed by atoms with Crippen molar-refractivity contribution in [1.29, 1.82) is 0 Å². The molecule has 9 heteroatoms. The van der Waals surface area contributed by atoms with Gasteiger partial charge in [0.25, 0.3) is 0 Å². The van der Waals surface area contributed by atoms with E-state index in [-0.39, 0.29) is 5.69 Å². The smallest absolute Gasteiger partial charge is 0.341 e. The van der Waals surface area contributed by atoms with E-state index < -0.39 is 5.97 Å². The zero-order valence-electron chi connectivity index (χ0n) is 20.1. The Morgan fingerprint density at radius 3 is 2.57 bits per heavy atom. The van der Waals surface area contributed by atoms with Gasteiger partial charge in [0.1, 0.15) is 0 Å². The Balaban J connectivity index is 1.17. The lowest BCUT2D eigenvalue weighted by Gasteiger charge is -2.31. The van der Waals surface area contributed by atoms with Gasteiger partial charge in [0.05, 0.1) is 12.7 Å². The zero-order valence-corrected chi connectivity index (χ0v) is 20.1. The summed E-state index contributed by atoms with van der Waals surface area (Å²) in [6.45, 7) is 5.10. The molecule has 1 N–H and O–H groups in total. The van der Waals surface area contributed by atoms with Crippen LogP contribution in [-0.2, 0) is 24.2 Å². The Labute approximate surface area is 203 Å². The first-order chi connectivity index (χ1) is 17.0. The molecule has 0 amide bonds. The molecule has 1 fully saturated rings. The van der Waals surface area contributed by atoms with E-state index in [1.165, 1.54) is 30.5 Å². The molecule has 4 aromatic rings. The molecule has 1 aliphatic heterocycles. The monoisotopic (exact) mass is 474 g/mol. The minimum Gasteiger partial charge on any atom is -0.465 e. The summed E-state index contributed by atoms with van der Waals surface area (Å²) >= 11 is 0. The summed E-state index contributed by atoms with van der Waals surface area (Å²) < 4.78 is 8.35. The number of hydrogen-bond donors (Lipinski definition) is 1. The second-order valence-corrected chi connectivity index (χ2v) is 9.14. The first-order valence-electron chi connectivity index (χ1n) is 12.0. The standard InChI is InChI=1S/C26H30N6O3/c1-18-21(22-5-3-4-6-23(22)29-18)9-12-31-13-14-32(26(31)34)17-19-7-10-30(11-8-19)25-27-15-20(16-28-25)24(33)35-2/h3-6,13-16,19,29H,7-12,17H2,1-2H3. The molecule has 0 spiro atoms. The largest absolute Gasteiger partial charge is 0.465 e. The Kier molecular flexibility index (Phi) is 6.39. The van der Waals surface area contributed by atoms with E-state index >= 15 is 0 Å². The van der Waals surface area contributed by atoms with E-state index in [0.717, 1.165) is 43.6 Å². The number of nitrogens with zero attached hydrogens (tertiary/aromatic N) is 5. The minimum atomic E-state index is -0.441. The molecule has 0 bridgehead atoms. The van der Waals surface area contributed by atoms with E-state index in [1.807, 2.05) is 27.6 Å². The molecule has 0 aliphatic carbocycles. The highest BCUT2D eigenvalue weighted by molar-refractivity contribution is 5.88. The number of anilines is 1. The Morgan fingerprint density at radius 2 is 1.83 bits per heavy atom. The van der Waals surface area contributed by atoms with Gasteiger partial charge in [-0.2, -0.15) is 0 Å². The molecular weight excluding hydrogens is 444 g/mol. The van der Waals surface area contributed by atoms with Crippen molar-refractivity contribution in [2.24, 2.45) is 5.92 Å². The number of H-pyrrole nitrogens is 1. The van der Waals surface area contributed by atoms with Crippen LogP contribution in [0.15, 0.2) is 53.8 Å². The van der Waals surface area contributed by atoms with Crippen LogP contribution in [0.2, 0.25) is 0 Å². The highest BCUT2D eigenvalue weighted by atomic mass is 16.5. The lowest BCUT2D eigenvalue weighted by molar-refractivity contribution is 0.0599. The normalized spacial score (nSPS) is 14.5. The maximum atomic E-state index is 13.0. The Bertz CT molecular complexity index is 1380. The number of carbonyl (C=O) groups is 1. The molecule has 1 saturated heterocycles. The number of piperidine rings is 1. The van der Waals surface area contributed by atoms with Crippen molar-refractivity contribution in [1.82, 2.24) is 24.1 Å². The average molecular weight is 475 g/mol. The van der Waals surface area contributed by atoms with Gasteiger partial charge in [0, 0.05) is 67.6 Å². The molecule has 1 aliphatic rings. The van der Waals surface area contributed by atoms with E-state index in [9.17, 15) is 9.59 Å². The van der Waals surface area contributed by atoms with Crippen LogP contribution in [-0.4, -0.2) is 50.3 Å². The van der Waals surface area contributed by atoms with Crippen LogP contribution in [0.5, 0.6) is 0 Å². The molecule has 35 heavy (non-hydrogen) atoms. The second kappa shape index (κ2) is 9.77. The topological polar surface area (TPSA) is 98.0 Å². The van der Waals surface area contributed by atoms with E-state index in [2.05, 4.69) is 45.0 Å². The zero-order chi connectivity index (χ0) is 24.4. The van der Waals surface area contributed by atoms with Crippen LogP contribution in [0.25, 0.3) is 10.9 Å². The number of rotatable bonds is 7. The van der Waals surface area contributed by atoms with E-state index in [1.54, 1.807) is 0 Å². The average Bonchev–Trinajstić information content (AvgIpc) is 3.40. The van der Waals surface area contributed by atoms with Crippen molar-refractivity contribution in [3.8, 4) is 0 Å². The fourth-order valence-corrected chi connectivity index (χ4v) is 4.95. The van der Waals surface area contributed by atoms with Gasteiger partial charge in [-0.25, -0.2) is 19.6 Å². The number of imidazole rings is 1. The molecule has 0 saturated carbocycles. The number of para-hydroxylation sites is 1. The van der Waals surface area contributed by atoms with Crippen molar-refractivity contribution in [3.63, 3.8) is 0 Å². The fourth-order valence-electron chi connectivity index (χ4n) is 4.95. The SMILES string of the molecule is COC(=O)c1cnc(N2CCC(Cn3ccn(CCc4c(C)[nH]c5ccccc45)c3=O)CC2)nc1. The molecule has 5 rings (SSSR count).